The zero-order valence-electron chi connectivity index (χ0n) is 17.7. The van der Waals surface area contributed by atoms with Gasteiger partial charge < -0.3 is 24.7 Å². The summed E-state index contributed by atoms with van der Waals surface area (Å²) in [5.41, 5.74) is 1.66. The molecule has 0 aliphatic carbocycles. The van der Waals surface area contributed by atoms with Crippen molar-refractivity contribution in [1.82, 2.24) is 15.1 Å². The molecule has 2 aliphatic heterocycles. The van der Waals surface area contributed by atoms with E-state index in [0.29, 0.717) is 18.2 Å². The Balaban J connectivity index is 1.17. The van der Waals surface area contributed by atoms with Gasteiger partial charge in [-0.05, 0) is 48.6 Å². The average Bonchev–Trinajstić information content (AvgIpc) is 3.35. The fourth-order valence-electron chi connectivity index (χ4n) is 4.06. The van der Waals surface area contributed by atoms with Gasteiger partial charge >= 0.3 is 6.03 Å². The molecule has 4 rings (SSSR count). The molecule has 2 saturated heterocycles. The van der Waals surface area contributed by atoms with Crippen LogP contribution >= 0.6 is 0 Å². The number of nitrogens with one attached hydrogen (secondary N) is 2. The number of hydrogen-bond acceptors (Lipinski definition) is 5. The van der Waals surface area contributed by atoms with Crippen LogP contribution in [0.15, 0.2) is 47.1 Å². The van der Waals surface area contributed by atoms with Crippen molar-refractivity contribution in [2.75, 3.05) is 51.3 Å². The average molecular weight is 427 g/mol. The lowest BCUT2D eigenvalue weighted by Crippen LogP contribution is -2.47. The predicted octanol–water partition coefficient (Wildman–Crippen LogP) is 2.79. The number of anilines is 1. The summed E-state index contributed by atoms with van der Waals surface area (Å²) in [6, 6.07) is 10.7. The van der Waals surface area contributed by atoms with E-state index >= 15 is 0 Å². The van der Waals surface area contributed by atoms with Gasteiger partial charge in [-0.1, -0.05) is 12.1 Å². The molecule has 8 nitrogen and oxygen atoms in total. The number of ether oxygens (including phenoxy) is 1. The van der Waals surface area contributed by atoms with Crippen molar-refractivity contribution < 1.29 is 18.7 Å². The van der Waals surface area contributed by atoms with E-state index in [-0.39, 0.29) is 17.7 Å². The number of benzene rings is 1. The number of urea groups is 1. The standard InChI is InChI=1S/C23H30N4O4/c28-22(21-2-1-13-31-21)25-20-5-3-18(4-6-20)16-24-23(29)27-9-7-19(8-10-27)17-26-11-14-30-15-12-26/h1-6,13,19H,7-12,14-17H2,(H,24,29)(H,25,28). The molecule has 2 N–H and O–H groups in total. The third-order valence-electron chi connectivity index (χ3n) is 5.92. The maximum absolute atomic E-state index is 12.5. The van der Waals surface area contributed by atoms with E-state index in [1.807, 2.05) is 29.2 Å². The molecule has 166 valence electrons. The van der Waals surface area contributed by atoms with E-state index in [1.165, 1.54) is 6.26 Å². The number of hydrogen-bond donors (Lipinski definition) is 2. The summed E-state index contributed by atoms with van der Waals surface area (Å²) in [6.45, 7) is 6.88. The molecule has 3 heterocycles. The quantitative estimate of drug-likeness (QED) is 0.742. The molecule has 8 heteroatoms. The lowest BCUT2D eigenvalue weighted by atomic mass is 9.96. The highest BCUT2D eigenvalue weighted by Gasteiger charge is 2.24. The van der Waals surface area contributed by atoms with Gasteiger partial charge in [0.25, 0.3) is 5.91 Å². The molecule has 1 aromatic carbocycles. The minimum absolute atomic E-state index is 0.0139. The topological polar surface area (TPSA) is 87.1 Å². The summed E-state index contributed by atoms with van der Waals surface area (Å²) in [6.07, 6.45) is 3.57. The number of nitrogens with zero attached hydrogens (tertiary/aromatic N) is 2. The van der Waals surface area contributed by atoms with Crippen LogP contribution < -0.4 is 10.6 Å². The Morgan fingerprint density at radius 1 is 1.00 bits per heavy atom. The Morgan fingerprint density at radius 3 is 2.42 bits per heavy atom. The molecule has 3 amide bonds. The van der Waals surface area contributed by atoms with Crippen LogP contribution in [0.5, 0.6) is 0 Å². The van der Waals surface area contributed by atoms with Gasteiger partial charge in [0.15, 0.2) is 5.76 Å². The fraction of sp³-hybridized carbons (Fsp3) is 0.478. The van der Waals surface area contributed by atoms with Crippen LogP contribution in [-0.2, 0) is 11.3 Å². The minimum atomic E-state index is -0.289. The maximum Gasteiger partial charge on any atom is 0.317 e. The molecule has 2 fully saturated rings. The van der Waals surface area contributed by atoms with Crippen LogP contribution in [0.2, 0.25) is 0 Å². The highest BCUT2D eigenvalue weighted by Crippen LogP contribution is 2.19. The van der Waals surface area contributed by atoms with Gasteiger partial charge in [0.2, 0.25) is 0 Å². The van der Waals surface area contributed by atoms with E-state index in [2.05, 4.69) is 15.5 Å². The zero-order valence-corrected chi connectivity index (χ0v) is 17.7. The summed E-state index contributed by atoms with van der Waals surface area (Å²) in [5, 5.41) is 5.79. The Bertz CT molecular complexity index is 839. The largest absolute Gasteiger partial charge is 0.459 e. The number of carbonyl (C=O) groups excluding carboxylic acids is 2. The van der Waals surface area contributed by atoms with Crippen LogP contribution in [0, 0.1) is 5.92 Å². The maximum atomic E-state index is 12.5. The molecule has 0 spiro atoms. The lowest BCUT2D eigenvalue weighted by molar-refractivity contribution is 0.0258. The van der Waals surface area contributed by atoms with Crippen LogP contribution in [0.25, 0.3) is 0 Å². The van der Waals surface area contributed by atoms with Crippen molar-refractivity contribution in [3.05, 3.63) is 54.0 Å². The zero-order chi connectivity index (χ0) is 21.5. The first kappa shape index (κ1) is 21.4. The lowest BCUT2D eigenvalue weighted by Gasteiger charge is -2.36. The third-order valence-corrected chi connectivity index (χ3v) is 5.92. The van der Waals surface area contributed by atoms with Crippen molar-refractivity contribution in [1.29, 1.82) is 0 Å². The fourth-order valence-corrected chi connectivity index (χ4v) is 4.06. The molecule has 1 aromatic heterocycles. The predicted molar refractivity (Wildman–Crippen MR) is 117 cm³/mol. The molecule has 2 aliphatic rings. The van der Waals surface area contributed by atoms with E-state index in [1.54, 1.807) is 12.1 Å². The Labute approximate surface area is 182 Å². The van der Waals surface area contributed by atoms with Gasteiger partial charge in [0.05, 0.1) is 19.5 Å². The van der Waals surface area contributed by atoms with E-state index in [9.17, 15) is 9.59 Å². The van der Waals surface area contributed by atoms with Crippen molar-refractivity contribution in [3.63, 3.8) is 0 Å². The van der Waals surface area contributed by atoms with Gasteiger partial charge in [-0.25, -0.2) is 4.79 Å². The number of carbonyl (C=O) groups is 2. The normalized spacial score (nSPS) is 18.0. The summed E-state index contributed by atoms with van der Waals surface area (Å²) in [5.74, 6) is 0.638. The highest BCUT2D eigenvalue weighted by atomic mass is 16.5. The van der Waals surface area contributed by atoms with Crippen molar-refractivity contribution in [2.45, 2.75) is 19.4 Å². The first-order valence-corrected chi connectivity index (χ1v) is 10.9. The first-order valence-electron chi connectivity index (χ1n) is 10.9. The summed E-state index contributed by atoms with van der Waals surface area (Å²) in [4.78, 5) is 28.9. The highest BCUT2D eigenvalue weighted by molar-refractivity contribution is 6.02. The monoisotopic (exact) mass is 426 g/mol. The number of piperidine rings is 1. The van der Waals surface area contributed by atoms with Gasteiger partial charge in [-0.2, -0.15) is 0 Å². The van der Waals surface area contributed by atoms with E-state index in [0.717, 1.165) is 64.3 Å². The number of furan rings is 1. The number of likely N-dealkylation sites (tertiary alicyclic amines) is 1. The Kier molecular flexibility index (Phi) is 7.22. The van der Waals surface area contributed by atoms with Crippen molar-refractivity contribution in [3.8, 4) is 0 Å². The molecule has 0 saturated carbocycles. The number of morpholine rings is 1. The Morgan fingerprint density at radius 2 is 1.74 bits per heavy atom. The van der Waals surface area contributed by atoms with Crippen LogP contribution in [0.4, 0.5) is 10.5 Å². The second kappa shape index (κ2) is 10.5. The molecule has 31 heavy (non-hydrogen) atoms. The SMILES string of the molecule is O=C(Nc1ccc(CNC(=O)N2CCC(CN3CCOCC3)CC2)cc1)c1ccco1. The summed E-state index contributed by atoms with van der Waals surface area (Å²) < 4.78 is 10.5. The molecule has 0 bridgehead atoms. The van der Waals surface area contributed by atoms with Crippen LogP contribution in [0.3, 0.4) is 0 Å². The van der Waals surface area contributed by atoms with Gasteiger partial charge in [-0.3, -0.25) is 9.69 Å². The van der Waals surface area contributed by atoms with E-state index < -0.39 is 0 Å². The van der Waals surface area contributed by atoms with Gasteiger partial charge in [-0.15, -0.1) is 0 Å². The smallest absolute Gasteiger partial charge is 0.317 e. The molecular formula is C23H30N4O4. The third kappa shape index (κ3) is 6.08. The molecular weight excluding hydrogens is 396 g/mol. The van der Waals surface area contributed by atoms with E-state index in [4.69, 9.17) is 9.15 Å². The van der Waals surface area contributed by atoms with Gasteiger partial charge in [0.1, 0.15) is 0 Å². The second-order valence-corrected chi connectivity index (χ2v) is 8.13. The molecule has 0 radical (unpaired) electrons. The molecule has 0 atom stereocenters. The number of amides is 3. The van der Waals surface area contributed by atoms with Crippen molar-refractivity contribution >= 4 is 17.6 Å². The summed E-state index contributed by atoms with van der Waals surface area (Å²) >= 11 is 0. The Hall–Kier alpha value is -2.84. The van der Waals surface area contributed by atoms with Crippen molar-refractivity contribution in [2.24, 2.45) is 5.92 Å². The second-order valence-electron chi connectivity index (χ2n) is 8.13. The number of rotatable bonds is 6. The van der Waals surface area contributed by atoms with Crippen LogP contribution in [0.1, 0.15) is 29.0 Å². The molecule has 2 aromatic rings. The van der Waals surface area contributed by atoms with Crippen LogP contribution in [-0.4, -0.2) is 67.7 Å². The van der Waals surface area contributed by atoms with Gasteiger partial charge in [0, 0.05) is 45.0 Å². The first-order chi connectivity index (χ1) is 15.2. The molecule has 0 unspecified atom stereocenters. The summed E-state index contributed by atoms with van der Waals surface area (Å²) in [7, 11) is 0. The minimum Gasteiger partial charge on any atom is -0.459 e.